The Morgan fingerprint density at radius 2 is 2.38 bits per heavy atom. The fourth-order valence-corrected chi connectivity index (χ4v) is 1.33. The molecule has 0 aliphatic rings. The standard InChI is InChI=1S/C11H10N4O/c1-8-4-9(6-12)5-11(14-8)13-7-10-2-3-16-15-10/h2-5H,7H2,1H3,(H,13,14). The van der Waals surface area contributed by atoms with Crippen molar-refractivity contribution >= 4 is 5.82 Å². The van der Waals surface area contributed by atoms with E-state index in [1.165, 1.54) is 6.26 Å². The second-order valence-corrected chi connectivity index (χ2v) is 3.34. The second-order valence-electron chi connectivity index (χ2n) is 3.34. The minimum atomic E-state index is 0.526. The third kappa shape index (κ3) is 2.36. The molecule has 5 heteroatoms. The van der Waals surface area contributed by atoms with E-state index in [1.807, 2.05) is 6.92 Å². The number of aryl methyl sites for hydroxylation is 1. The SMILES string of the molecule is Cc1cc(C#N)cc(NCc2ccon2)n1. The molecule has 0 radical (unpaired) electrons. The minimum Gasteiger partial charge on any atom is -0.364 e. The van der Waals surface area contributed by atoms with Gasteiger partial charge in [-0.05, 0) is 19.1 Å². The summed E-state index contributed by atoms with van der Waals surface area (Å²) in [5.74, 6) is 0.666. The molecule has 0 saturated carbocycles. The van der Waals surface area contributed by atoms with Crippen LogP contribution in [0.25, 0.3) is 0 Å². The molecule has 0 aliphatic carbocycles. The third-order valence-corrected chi connectivity index (χ3v) is 2.02. The van der Waals surface area contributed by atoms with Crippen molar-refractivity contribution in [2.45, 2.75) is 13.5 Å². The molecule has 2 aromatic rings. The number of nitrogens with zero attached hydrogens (tertiary/aromatic N) is 3. The molecule has 0 aromatic carbocycles. The Morgan fingerprint density at radius 3 is 3.06 bits per heavy atom. The smallest absolute Gasteiger partial charge is 0.127 e. The maximum Gasteiger partial charge on any atom is 0.127 e. The molecular formula is C11H10N4O. The van der Waals surface area contributed by atoms with Gasteiger partial charge in [-0.2, -0.15) is 5.26 Å². The normalized spacial score (nSPS) is 9.75. The van der Waals surface area contributed by atoms with Crippen LogP contribution in [-0.4, -0.2) is 10.1 Å². The van der Waals surface area contributed by atoms with Crippen LogP contribution in [0.3, 0.4) is 0 Å². The van der Waals surface area contributed by atoms with Crippen molar-refractivity contribution in [3.63, 3.8) is 0 Å². The number of hydrogen-bond acceptors (Lipinski definition) is 5. The summed E-state index contributed by atoms with van der Waals surface area (Å²) in [6, 6.07) is 7.30. The Labute approximate surface area is 92.7 Å². The van der Waals surface area contributed by atoms with Gasteiger partial charge in [0.15, 0.2) is 0 Å². The Kier molecular flexibility index (Phi) is 2.83. The fraction of sp³-hybridized carbons (Fsp3) is 0.182. The van der Waals surface area contributed by atoms with Crippen LogP contribution in [0, 0.1) is 18.3 Å². The van der Waals surface area contributed by atoms with Gasteiger partial charge in [-0.15, -0.1) is 0 Å². The van der Waals surface area contributed by atoms with Crippen molar-refractivity contribution in [2.24, 2.45) is 0 Å². The van der Waals surface area contributed by atoms with Crippen LogP contribution in [0.15, 0.2) is 29.0 Å². The highest BCUT2D eigenvalue weighted by atomic mass is 16.5. The van der Waals surface area contributed by atoms with E-state index in [4.69, 9.17) is 9.78 Å². The van der Waals surface area contributed by atoms with Crippen LogP contribution in [0.4, 0.5) is 5.82 Å². The van der Waals surface area contributed by atoms with Crippen molar-refractivity contribution in [3.8, 4) is 6.07 Å². The zero-order chi connectivity index (χ0) is 11.4. The van der Waals surface area contributed by atoms with E-state index in [2.05, 4.69) is 21.5 Å². The van der Waals surface area contributed by atoms with E-state index >= 15 is 0 Å². The van der Waals surface area contributed by atoms with Gasteiger partial charge < -0.3 is 9.84 Å². The first kappa shape index (κ1) is 10.2. The minimum absolute atomic E-state index is 0.526. The number of hydrogen-bond donors (Lipinski definition) is 1. The van der Waals surface area contributed by atoms with Crippen LogP contribution in [0.5, 0.6) is 0 Å². The van der Waals surface area contributed by atoms with Gasteiger partial charge in [-0.1, -0.05) is 5.16 Å². The Bertz CT molecular complexity index is 513. The summed E-state index contributed by atoms with van der Waals surface area (Å²) >= 11 is 0. The third-order valence-electron chi connectivity index (χ3n) is 2.02. The van der Waals surface area contributed by atoms with Crippen LogP contribution in [0.1, 0.15) is 17.0 Å². The molecule has 0 saturated heterocycles. The first-order valence-corrected chi connectivity index (χ1v) is 4.80. The molecule has 0 fully saturated rings. The summed E-state index contributed by atoms with van der Waals surface area (Å²) in [4.78, 5) is 4.26. The lowest BCUT2D eigenvalue weighted by Crippen LogP contribution is -2.02. The zero-order valence-electron chi connectivity index (χ0n) is 8.77. The van der Waals surface area contributed by atoms with Crippen molar-refractivity contribution in [1.29, 1.82) is 5.26 Å². The van der Waals surface area contributed by atoms with Gasteiger partial charge in [-0.25, -0.2) is 4.98 Å². The van der Waals surface area contributed by atoms with Crippen molar-refractivity contribution in [2.75, 3.05) is 5.32 Å². The van der Waals surface area contributed by atoms with E-state index in [1.54, 1.807) is 18.2 Å². The predicted octanol–water partition coefficient (Wildman–Crippen LogP) is 1.86. The molecule has 2 rings (SSSR count). The lowest BCUT2D eigenvalue weighted by atomic mass is 10.2. The Morgan fingerprint density at radius 1 is 1.50 bits per heavy atom. The monoisotopic (exact) mass is 214 g/mol. The Hall–Kier alpha value is -2.35. The van der Waals surface area contributed by atoms with Crippen LogP contribution in [0.2, 0.25) is 0 Å². The van der Waals surface area contributed by atoms with E-state index in [-0.39, 0.29) is 0 Å². The molecule has 1 N–H and O–H groups in total. The second kappa shape index (κ2) is 4.45. The van der Waals surface area contributed by atoms with Crippen molar-refractivity contribution in [1.82, 2.24) is 10.1 Å². The van der Waals surface area contributed by atoms with Crippen LogP contribution < -0.4 is 5.32 Å². The van der Waals surface area contributed by atoms with E-state index < -0.39 is 0 Å². The highest BCUT2D eigenvalue weighted by Gasteiger charge is 2.01. The molecular weight excluding hydrogens is 204 g/mol. The summed E-state index contributed by atoms with van der Waals surface area (Å²) in [5.41, 5.74) is 2.19. The summed E-state index contributed by atoms with van der Waals surface area (Å²) in [7, 11) is 0. The number of pyridine rings is 1. The summed E-state index contributed by atoms with van der Waals surface area (Å²) in [6.45, 7) is 2.37. The highest BCUT2D eigenvalue weighted by Crippen LogP contribution is 2.10. The average Bonchev–Trinajstić information content (AvgIpc) is 2.78. The van der Waals surface area contributed by atoms with Crippen molar-refractivity contribution < 1.29 is 4.52 Å². The fourth-order valence-electron chi connectivity index (χ4n) is 1.33. The lowest BCUT2D eigenvalue weighted by Gasteiger charge is -2.04. The van der Waals surface area contributed by atoms with Crippen LogP contribution in [-0.2, 0) is 6.54 Å². The maximum atomic E-state index is 8.81. The molecule has 2 heterocycles. The number of anilines is 1. The predicted molar refractivity (Wildman–Crippen MR) is 57.5 cm³/mol. The molecule has 2 aromatic heterocycles. The quantitative estimate of drug-likeness (QED) is 0.844. The highest BCUT2D eigenvalue weighted by molar-refractivity contribution is 5.44. The van der Waals surface area contributed by atoms with Gasteiger partial charge in [0.1, 0.15) is 17.8 Å². The maximum absolute atomic E-state index is 8.81. The molecule has 5 nitrogen and oxygen atoms in total. The van der Waals surface area contributed by atoms with Gasteiger partial charge in [-0.3, -0.25) is 0 Å². The molecule has 80 valence electrons. The molecule has 0 aliphatic heterocycles. The summed E-state index contributed by atoms with van der Waals surface area (Å²) in [6.07, 6.45) is 1.52. The number of nitrogens with one attached hydrogen (secondary N) is 1. The summed E-state index contributed by atoms with van der Waals surface area (Å²) in [5, 5.41) is 15.6. The molecule has 0 spiro atoms. The number of aromatic nitrogens is 2. The number of rotatable bonds is 3. The van der Waals surface area contributed by atoms with Gasteiger partial charge in [0.25, 0.3) is 0 Å². The molecule has 0 bridgehead atoms. The van der Waals surface area contributed by atoms with Crippen LogP contribution >= 0.6 is 0 Å². The van der Waals surface area contributed by atoms with Gasteiger partial charge in [0, 0.05) is 11.8 Å². The van der Waals surface area contributed by atoms with Gasteiger partial charge >= 0.3 is 0 Å². The first-order chi connectivity index (χ1) is 7.78. The van der Waals surface area contributed by atoms with Gasteiger partial charge in [0.05, 0.1) is 18.2 Å². The summed E-state index contributed by atoms with van der Waals surface area (Å²) < 4.78 is 4.71. The van der Waals surface area contributed by atoms with E-state index in [9.17, 15) is 0 Å². The van der Waals surface area contributed by atoms with E-state index in [0.29, 0.717) is 17.9 Å². The number of nitriles is 1. The van der Waals surface area contributed by atoms with E-state index in [0.717, 1.165) is 11.4 Å². The first-order valence-electron chi connectivity index (χ1n) is 4.80. The molecule has 0 amide bonds. The average molecular weight is 214 g/mol. The largest absolute Gasteiger partial charge is 0.364 e. The molecule has 0 unspecified atom stereocenters. The molecule has 0 atom stereocenters. The lowest BCUT2D eigenvalue weighted by molar-refractivity contribution is 0.412. The van der Waals surface area contributed by atoms with Crippen molar-refractivity contribution in [3.05, 3.63) is 41.4 Å². The topological polar surface area (TPSA) is 74.7 Å². The van der Waals surface area contributed by atoms with Gasteiger partial charge in [0.2, 0.25) is 0 Å². The zero-order valence-corrected chi connectivity index (χ0v) is 8.77. The molecule has 16 heavy (non-hydrogen) atoms. The Balaban J connectivity index is 2.10.